The third-order valence-corrected chi connectivity index (χ3v) is 5.26. The molecule has 2 aromatic rings. The van der Waals surface area contributed by atoms with Crippen LogP contribution in [0.4, 0.5) is 0 Å². The number of ether oxygens (including phenoxy) is 3. The molecule has 25 heavy (non-hydrogen) atoms. The van der Waals surface area contributed by atoms with E-state index in [1.165, 1.54) is 37.7 Å². The summed E-state index contributed by atoms with van der Waals surface area (Å²) in [5.41, 5.74) is 0.450. The lowest BCUT2D eigenvalue weighted by Crippen LogP contribution is -2.64. The van der Waals surface area contributed by atoms with Crippen molar-refractivity contribution in [1.29, 1.82) is 0 Å². The SMILES string of the molecule is CCC(=O)c1ccc2c(c1)C(=O)C(O)(OC)C(OC)(c1cccs1)O2. The van der Waals surface area contributed by atoms with Gasteiger partial charge in [-0.25, -0.2) is 0 Å². The van der Waals surface area contributed by atoms with E-state index in [9.17, 15) is 14.7 Å². The second kappa shape index (κ2) is 6.34. The van der Waals surface area contributed by atoms with Crippen molar-refractivity contribution in [2.75, 3.05) is 14.2 Å². The normalized spacial score (nSPS) is 25.4. The average molecular weight is 362 g/mol. The molecular weight excluding hydrogens is 344 g/mol. The number of aliphatic hydroxyl groups is 1. The molecule has 7 heteroatoms. The molecule has 132 valence electrons. The van der Waals surface area contributed by atoms with Gasteiger partial charge in [-0.05, 0) is 29.6 Å². The molecule has 1 aromatic carbocycles. The van der Waals surface area contributed by atoms with Crippen LogP contribution in [-0.2, 0) is 15.3 Å². The first-order chi connectivity index (χ1) is 11.9. The van der Waals surface area contributed by atoms with Crippen LogP contribution >= 0.6 is 11.3 Å². The van der Waals surface area contributed by atoms with Gasteiger partial charge in [-0.2, -0.15) is 0 Å². The van der Waals surface area contributed by atoms with E-state index in [2.05, 4.69) is 0 Å². The molecule has 1 aliphatic rings. The number of rotatable bonds is 5. The standard InChI is InChI=1S/C18H18O6S/c1-4-13(19)11-7-8-14-12(10-11)16(20)17(21,22-2)18(23-3,24-14)15-6-5-9-25-15/h5-10,21H,4H2,1-3H3. The van der Waals surface area contributed by atoms with E-state index < -0.39 is 17.4 Å². The predicted molar refractivity (Wildman–Crippen MR) is 91.0 cm³/mol. The second-order valence-electron chi connectivity index (χ2n) is 5.57. The lowest BCUT2D eigenvalue weighted by molar-refractivity contribution is -0.344. The molecule has 0 fully saturated rings. The molecule has 1 aromatic heterocycles. The van der Waals surface area contributed by atoms with Crippen LogP contribution in [0.1, 0.15) is 38.9 Å². The lowest BCUT2D eigenvalue weighted by atomic mass is 9.89. The fourth-order valence-electron chi connectivity index (χ4n) is 2.92. The molecule has 6 nitrogen and oxygen atoms in total. The number of benzene rings is 1. The number of Topliss-reactive ketones (excluding diaryl/α,β-unsaturated/α-hetero) is 2. The zero-order valence-corrected chi connectivity index (χ0v) is 14.9. The maximum absolute atomic E-state index is 13.1. The highest BCUT2D eigenvalue weighted by molar-refractivity contribution is 7.10. The Hall–Kier alpha value is -2.06. The Balaban J connectivity index is 2.21. The van der Waals surface area contributed by atoms with E-state index in [1.54, 1.807) is 30.5 Å². The number of carbonyl (C=O) groups is 2. The summed E-state index contributed by atoms with van der Waals surface area (Å²) in [4.78, 5) is 25.5. The maximum atomic E-state index is 13.1. The van der Waals surface area contributed by atoms with E-state index in [-0.39, 0.29) is 17.1 Å². The number of hydrogen-bond acceptors (Lipinski definition) is 7. The molecule has 2 heterocycles. The summed E-state index contributed by atoms with van der Waals surface area (Å²) in [5.74, 6) is -4.85. The van der Waals surface area contributed by atoms with Crippen molar-refractivity contribution in [3.63, 3.8) is 0 Å². The first kappa shape index (κ1) is 17.8. The maximum Gasteiger partial charge on any atom is 0.309 e. The van der Waals surface area contributed by atoms with Gasteiger partial charge in [-0.3, -0.25) is 9.59 Å². The van der Waals surface area contributed by atoms with Gasteiger partial charge in [0.25, 0.3) is 0 Å². The molecule has 1 N–H and O–H groups in total. The van der Waals surface area contributed by atoms with Crippen LogP contribution < -0.4 is 4.74 Å². The quantitative estimate of drug-likeness (QED) is 0.651. The monoisotopic (exact) mass is 362 g/mol. The third-order valence-electron chi connectivity index (χ3n) is 4.30. The molecular formula is C18H18O6S. The molecule has 0 amide bonds. The minimum absolute atomic E-state index is 0.0767. The molecule has 0 saturated carbocycles. The Morgan fingerprint density at radius 3 is 2.60 bits per heavy atom. The van der Waals surface area contributed by atoms with E-state index in [0.717, 1.165) is 0 Å². The van der Waals surface area contributed by atoms with E-state index in [1.807, 2.05) is 0 Å². The summed E-state index contributed by atoms with van der Waals surface area (Å²) in [6.45, 7) is 1.73. The van der Waals surface area contributed by atoms with Gasteiger partial charge >= 0.3 is 11.6 Å². The van der Waals surface area contributed by atoms with Crippen LogP contribution in [0.2, 0.25) is 0 Å². The van der Waals surface area contributed by atoms with E-state index in [4.69, 9.17) is 14.2 Å². The van der Waals surface area contributed by atoms with E-state index in [0.29, 0.717) is 16.9 Å². The molecule has 1 aliphatic heterocycles. The fourth-order valence-corrected chi connectivity index (χ4v) is 3.80. The topological polar surface area (TPSA) is 82.1 Å². The largest absolute Gasteiger partial charge is 0.451 e. The van der Waals surface area contributed by atoms with Crippen molar-refractivity contribution in [3.8, 4) is 5.75 Å². The number of fused-ring (bicyclic) bond motifs is 1. The van der Waals surface area contributed by atoms with Gasteiger partial charge < -0.3 is 19.3 Å². The zero-order valence-electron chi connectivity index (χ0n) is 14.1. The summed E-state index contributed by atoms with van der Waals surface area (Å²) in [6, 6.07) is 7.98. The van der Waals surface area contributed by atoms with Crippen molar-refractivity contribution in [2.24, 2.45) is 0 Å². The Kier molecular flexibility index (Phi) is 4.51. The zero-order chi connectivity index (χ0) is 18.2. The molecule has 0 spiro atoms. The average Bonchev–Trinajstić information content (AvgIpc) is 3.18. The van der Waals surface area contributed by atoms with Crippen LogP contribution in [0.25, 0.3) is 0 Å². The molecule has 2 unspecified atom stereocenters. The predicted octanol–water partition coefficient (Wildman–Crippen LogP) is 2.75. The summed E-state index contributed by atoms with van der Waals surface area (Å²) >= 11 is 1.26. The smallest absolute Gasteiger partial charge is 0.309 e. The van der Waals surface area contributed by atoms with Crippen LogP contribution in [0.15, 0.2) is 35.7 Å². The lowest BCUT2D eigenvalue weighted by Gasteiger charge is -2.45. The highest BCUT2D eigenvalue weighted by atomic mass is 32.1. The van der Waals surface area contributed by atoms with Crippen molar-refractivity contribution >= 4 is 22.9 Å². The minimum atomic E-state index is -2.40. The summed E-state index contributed by atoms with van der Waals surface area (Å²) in [5, 5.41) is 12.8. The van der Waals surface area contributed by atoms with Crippen molar-refractivity contribution < 1.29 is 28.9 Å². The van der Waals surface area contributed by atoms with Gasteiger partial charge in [0.1, 0.15) is 5.75 Å². The Bertz CT molecular complexity index is 815. The van der Waals surface area contributed by atoms with Crippen LogP contribution in [0.3, 0.4) is 0 Å². The summed E-state index contributed by atoms with van der Waals surface area (Å²) in [6.07, 6.45) is 0.305. The number of carbonyl (C=O) groups excluding carboxylic acids is 2. The molecule has 3 rings (SSSR count). The van der Waals surface area contributed by atoms with Gasteiger partial charge in [0.15, 0.2) is 5.78 Å². The van der Waals surface area contributed by atoms with Gasteiger partial charge in [-0.1, -0.05) is 13.0 Å². The molecule has 2 atom stereocenters. The van der Waals surface area contributed by atoms with E-state index >= 15 is 0 Å². The summed E-state index contributed by atoms with van der Waals surface area (Å²) in [7, 11) is 2.53. The Morgan fingerprint density at radius 2 is 2.04 bits per heavy atom. The van der Waals surface area contributed by atoms with Gasteiger partial charge in [0.2, 0.25) is 5.78 Å². The van der Waals surface area contributed by atoms with Crippen molar-refractivity contribution in [3.05, 3.63) is 51.7 Å². The Morgan fingerprint density at radius 1 is 1.28 bits per heavy atom. The van der Waals surface area contributed by atoms with Crippen molar-refractivity contribution in [2.45, 2.75) is 24.9 Å². The second-order valence-corrected chi connectivity index (χ2v) is 6.51. The third kappa shape index (κ3) is 2.43. The Labute approximate surface area is 149 Å². The van der Waals surface area contributed by atoms with Crippen LogP contribution in [0, 0.1) is 0 Å². The molecule has 0 saturated heterocycles. The molecule has 0 radical (unpaired) electrons. The number of ketones is 2. The first-order valence-electron chi connectivity index (χ1n) is 7.71. The summed E-state index contributed by atoms with van der Waals surface area (Å²) < 4.78 is 16.6. The minimum Gasteiger partial charge on any atom is -0.451 e. The fraction of sp³-hybridized carbons (Fsp3) is 0.333. The molecule has 0 aliphatic carbocycles. The van der Waals surface area contributed by atoms with Crippen LogP contribution in [0.5, 0.6) is 5.75 Å². The number of methoxy groups -OCH3 is 2. The molecule has 0 bridgehead atoms. The van der Waals surface area contributed by atoms with Crippen molar-refractivity contribution in [1.82, 2.24) is 0 Å². The number of hydrogen-bond donors (Lipinski definition) is 1. The van der Waals surface area contributed by atoms with Gasteiger partial charge in [-0.15, -0.1) is 11.3 Å². The highest BCUT2D eigenvalue weighted by Gasteiger charge is 2.65. The number of thiophene rings is 1. The van der Waals surface area contributed by atoms with Crippen LogP contribution in [-0.4, -0.2) is 36.7 Å². The highest BCUT2D eigenvalue weighted by Crippen LogP contribution is 2.48. The van der Waals surface area contributed by atoms with Gasteiger partial charge in [0, 0.05) is 26.2 Å². The van der Waals surface area contributed by atoms with Gasteiger partial charge in [0.05, 0.1) is 10.4 Å². The first-order valence-corrected chi connectivity index (χ1v) is 8.59.